The highest BCUT2D eigenvalue weighted by Gasteiger charge is 2.23. The number of fused-ring (bicyclic) bond motifs is 19. The number of rotatable bonds is 7. The van der Waals surface area contributed by atoms with Crippen LogP contribution in [0.15, 0.2) is 312 Å². The first-order chi connectivity index (χ1) is 44.6. The van der Waals surface area contributed by atoms with Crippen LogP contribution in [0.25, 0.3) is 187 Å². The molecule has 0 spiro atoms. The van der Waals surface area contributed by atoms with E-state index in [4.69, 9.17) is 8.83 Å². The Morgan fingerprint density at radius 3 is 1.04 bits per heavy atom. The molecule has 0 amide bonds. The number of aromatic nitrogens is 4. The molecule has 0 aliphatic rings. The predicted molar refractivity (Wildman–Crippen MR) is 375 cm³/mol. The second kappa shape index (κ2) is 18.7. The van der Waals surface area contributed by atoms with Gasteiger partial charge in [-0.15, -0.1) is 0 Å². The van der Waals surface area contributed by atoms with Crippen molar-refractivity contribution in [2.75, 3.05) is 0 Å². The maximum atomic E-state index is 7.04. The summed E-state index contributed by atoms with van der Waals surface area (Å²) in [5.74, 6) is 0. The van der Waals surface area contributed by atoms with Crippen molar-refractivity contribution < 1.29 is 8.83 Å². The number of para-hydroxylation sites is 6. The highest BCUT2D eigenvalue weighted by Crippen LogP contribution is 2.45. The molecule has 0 fully saturated rings. The van der Waals surface area contributed by atoms with Crippen LogP contribution >= 0.6 is 0 Å². The van der Waals surface area contributed by atoms with Crippen LogP contribution < -0.4 is 0 Å². The lowest BCUT2D eigenvalue weighted by Gasteiger charge is -2.12. The lowest BCUT2D eigenvalue weighted by atomic mass is 10.0. The van der Waals surface area contributed by atoms with Crippen molar-refractivity contribution in [1.29, 1.82) is 0 Å². The van der Waals surface area contributed by atoms with Crippen LogP contribution in [0.5, 0.6) is 0 Å². The second-order valence-electron chi connectivity index (χ2n) is 24.0. The third kappa shape index (κ3) is 7.09. The van der Waals surface area contributed by atoms with Gasteiger partial charge in [0, 0.05) is 93.5 Å². The van der Waals surface area contributed by atoms with E-state index in [0.717, 1.165) is 127 Å². The van der Waals surface area contributed by atoms with Gasteiger partial charge in [-0.25, -0.2) is 0 Å². The van der Waals surface area contributed by atoms with Gasteiger partial charge in [-0.1, -0.05) is 182 Å². The van der Waals surface area contributed by atoms with Gasteiger partial charge in [-0.2, -0.15) is 0 Å². The molecule has 6 nitrogen and oxygen atoms in total. The van der Waals surface area contributed by atoms with Gasteiger partial charge in [0.2, 0.25) is 0 Å². The summed E-state index contributed by atoms with van der Waals surface area (Å²) in [6, 6.07) is 110. The van der Waals surface area contributed by atoms with Crippen LogP contribution in [0.4, 0.5) is 0 Å². The molecule has 0 unspecified atom stereocenters. The fourth-order valence-corrected chi connectivity index (χ4v) is 15.0. The van der Waals surface area contributed by atoms with E-state index in [1.54, 1.807) is 0 Å². The quantitative estimate of drug-likeness (QED) is 0.160. The summed E-state index contributed by atoms with van der Waals surface area (Å²) in [5.41, 5.74) is 24.0. The Labute approximate surface area is 514 Å². The topological polar surface area (TPSA) is 46.0 Å². The van der Waals surface area contributed by atoms with E-state index >= 15 is 0 Å². The minimum absolute atomic E-state index is 0.851. The minimum Gasteiger partial charge on any atom is -0.456 e. The van der Waals surface area contributed by atoms with Gasteiger partial charge < -0.3 is 27.1 Å². The summed E-state index contributed by atoms with van der Waals surface area (Å²) in [7, 11) is 0. The Morgan fingerprint density at radius 1 is 0.178 bits per heavy atom. The lowest BCUT2D eigenvalue weighted by molar-refractivity contribution is 0.669. The fraction of sp³-hybridized carbons (Fsp3) is 0. The maximum absolute atomic E-state index is 7.04. The Balaban J connectivity index is 0.676. The Morgan fingerprint density at radius 2 is 0.522 bits per heavy atom. The molecule has 0 atom stereocenters. The Hall–Kier alpha value is -12.1. The second-order valence-corrected chi connectivity index (χ2v) is 24.0. The molecule has 0 saturated carbocycles. The molecule has 0 bridgehead atoms. The van der Waals surface area contributed by atoms with E-state index in [-0.39, 0.29) is 0 Å². The van der Waals surface area contributed by atoms with Crippen molar-refractivity contribution in [3.05, 3.63) is 303 Å². The van der Waals surface area contributed by atoms with E-state index in [9.17, 15) is 0 Å². The van der Waals surface area contributed by atoms with Crippen LogP contribution in [-0.2, 0) is 0 Å². The average Bonchev–Trinajstić information content (AvgIpc) is 2.18. The summed E-state index contributed by atoms with van der Waals surface area (Å²) >= 11 is 0. The largest absolute Gasteiger partial charge is 0.456 e. The summed E-state index contributed by atoms with van der Waals surface area (Å²) in [6.45, 7) is 0. The number of furan rings is 2. The predicted octanol–water partition coefficient (Wildman–Crippen LogP) is 22.9. The molecule has 0 saturated heterocycles. The summed E-state index contributed by atoms with van der Waals surface area (Å²) < 4.78 is 23.1. The minimum atomic E-state index is 0.851. The molecule has 6 heteroatoms. The Kier molecular flexibility index (Phi) is 10.2. The van der Waals surface area contributed by atoms with Crippen LogP contribution in [0, 0.1) is 0 Å². The van der Waals surface area contributed by atoms with Crippen molar-refractivity contribution >= 4 is 131 Å². The Bertz CT molecular complexity index is 6260. The third-order valence-electron chi connectivity index (χ3n) is 19.2. The molecule has 6 heterocycles. The molecular weight excluding hydrogens is 1100 g/mol. The monoisotopic (exact) mass is 1150 g/mol. The molecule has 418 valence electrons. The van der Waals surface area contributed by atoms with Crippen LogP contribution in [0.3, 0.4) is 0 Å². The number of hydrogen-bond donors (Lipinski definition) is 0. The zero-order valence-corrected chi connectivity index (χ0v) is 48.5. The number of nitrogens with zero attached hydrogens (tertiary/aromatic N) is 4. The van der Waals surface area contributed by atoms with E-state index < -0.39 is 0 Å². The van der Waals surface area contributed by atoms with E-state index in [1.165, 1.54) is 59.8 Å². The highest BCUT2D eigenvalue weighted by molar-refractivity contribution is 6.23. The van der Waals surface area contributed by atoms with Gasteiger partial charge in [0.15, 0.2) is 5.58 Å². The first kappa shape index (κ1) is 49.0. The van der Waals surface area contributed by atoms with E-state index in [1.807, 2.05) is 6.07 Å². The van der Waals surface area contributed by atoms with Crippen molar-refractivity contribution in [3.63, 3.8) is 0 Å². The first-order valence-corrected chi connectivity index (χ1v) is 30.8. The lowest BCUT2D eigenvalue weighted by Crippen LogP contribution is -1.95. The molecule has 6 aromatic heterocycles. The van der Waals surface area contributed by atoms with Gasteiger partial charge in [0.25, 0.3) is 0 Å². The normalized spacial score (nSPS) is 12.2. The standard InChI is InChI=1S/C84H50N4O2/c1-7-19-73-61(13-1)62-14-2-8-20-74(62)85(73)57-35-25-51(26-36-57)53-29-39-59(40-30-53)87-78-48-56(33-43-66(78)70-49-72-67-18-6-12-24-80(67)89-82(72)50-79(70)87)55-34-46-81-71(47-55)69-45-44-68-65-17-5-11-23-77(65)88(83(68)84(69)90-81)60-41-31-54(32-42-60)52-27-37-58(38-28-52)86-75-21-9-3-15-63(75)64-16-4-10-22-76(64)86/h1-50H. The molecule has 0 aliphatic carbocycles. The summed E-state index contributed by atoms with van der Waals surface area (Å²) in [4.78, 5) is 0. The fourth-order valence-electron chi connectivity index (χ4n) is 15.0. The zero-order valence-electron chi connectivity index (χ0n) is 48.5. The van der Waals surface area contributed by atoms with Crippen molar-refractivity contribution in [3.8, 4) is 56.1 Å². The molecule has 20 aromatic rings. The van der Waals surface area contributed by atoms with Crippen molar-refractivity contribution in [2.24, 2.45) is 0 Å². The molecule has 0 aliphatic heterocycles. The summed E-state index contributed by atoms with van der Waals surface area (Å²) in [5, 5.41) is 14.1. The zero-order chi connectivity index (χ0) is 58.7. The summed E-state index contributed by atoms with van der Waals surface area (Å²) in [6.07, 6.45) is 0. The highest BCUT2D eigenvalue weighted by atomic mass is 16.3. The van der Waals surface area contributed by atoms with Crippen molar-refractivity contribution in [1.82, 2.24) is 18.3 Å². The van der Waals surface area contributed by atoms with Crippen LogP contribution in [-0.4, -0.2) is 18.3 Å². The number of hydrogen-bond acceptors (Lipinski definition) is 2. The molecule has 0 radical (unpaired) electrons. The molecule has 20 rings (SSSR count). The van der Waals surface area contributed by atoms with Crippen LogP contribution in [0.1, 0.15) is 0 Å². The molecular formula is C84H50N4O2. The smallest absolute Gasteiger partial charge is 0.160 e. The van der Waals surface area contributed by atoms with Crippen molar-refractivity contribution in [2.45, 2.75) is 0 Å². The average molecular weight is 1150 g/mol. The van der Waals surface area contributed by atoms with Gasteiger partial charge in [-0.3, -0.25) is 0 Å². The molecule has 14 aromatic carbocycles. The molecule has 90 heavy (non-hydrogen) atoms. The maximum Gasteiger partial charge on any atom is 0.160 e. The third-order valence-corrected chi connectivity index (χ3v) is 19.2. The van der Waals surface area contributed by atoms with Gasteiger partial charge in [-0.05, 0) is 149 Å². The van der Waals surface area contributed by atoms with Gasteiger partial charge >= 0.3 is 0 Å². The number of benzene rings is 14. The van der Waals surface area contributed by atoms with Gasteiger partial charge in [0.05, 0.1) is 44.1 Å². The van der Waals surface area contributed by atoms with Crippen LogP contribution in [0.2, 0.25) is 0 Å². The first-order valence-electron chi connectivity index (χ1n) is 30.8. The van der Waals surface area contributed by atoms with E-state index in [2.05, 4.69) is 316 Å². The molecule has 0 N–H and O–H groups in total. The van der Waals surface area contributed by atoms with Gasteiger partial charge in [0.1, 0.15) is 16.7 Å². The van der Waals surface area contributed by atoms with E-state index in [0.29, 0.717) is 0 Å². The SMILES string of the molecule is c1ccc2c(c1)oc1cc3c(cc12)c1ccc(-c2ccc4oc5c(ccc6c7ccccc7n(-c7ccc(-c8ccc(-n9c%10ccccc%10c%10ccccc%109)cc8)cc7)c65)c4c2)cc1n3-c1ccc(-c2ccc(-n3c4ccccc4c4ccccc43)cc2)cc1.